The zero-order valence-electron chi connectivity index (χ0n) is 13.5. The second-order valence-corrected chi connectivity index (χ2v) is 7.28. The molecule has 1 amide bonds. The Hall–Kier alpha value is -2.02. The molecule has 1 aromatic heterocycles. The Kier molecular flexibility index (Phi) is 4.56. The third-order valence-corrected chi connectivity index (χ3v) is 4.71. The van der Waals surface area contributed by atoms with Crippen molar-refractivity contribution in [3.05, 3.63) is 30.1 Å². The van der Waals surface area contributed by atoms with E-state index in [-0.39, 0.29) is 11.2 Å². The Balaban J connectivity index is 1.55. The normalized spacial score (nSPS) is 15.3. The molecule has 0 aliphatic heterocycles. The molecule has 1 unspecified atom stereocenters. The first kappa shape index (κ1) is 15.9. The molecule has 23 heavy (non-hydrogen) atoms. The number of nitrogens with zero attached hydrogens (tertiary/aromatic N) is 3. The Bertz CT molecular complexity index is 678. The van der Waals surface area contributed by atoms with Crippen LogP contribution in [0.15, 0.2) is 29.4 Å². The summed E-state index contributed by atoms with van der Waals surface area (Å²) in [5.74, 6) is 1.43. The smallest absolute Gasteiger partial charge is 0.237 e. The second kappa shape index (κ2) is 6.62. The van der Waals surface area contributed by atoms with Gasteiger partial charge in [0.05, 0.1) is 5.25 Å². The summed E-state index contributed by atoms with van der Waals surface area (Å²) in [6.45, 7) is 1.86. The van der Waals surface area contributed by atoms with Gasteiger partial charge in [0.15, 0.2) is 0 Å². The lowest BCUT2D eigenvalue weighted by atomic mass is 10.2. The van der Waals surface area contributed by atoms with Gasteiger partial charge in [0.2, 0.25) is 11.1 Å². The molecule has 1 aliphatic rings. The van der Waals surface area contributed by atoms with E-state index < -0.39 is 0 Å². The average molecular weight is 331 g/mol. The standard InChI is InChI=1S/C16H21N5OS/c1-10(23-16-18-14(19-20-16)11-4-5-11)15(22)17-12-6-8-13(9-7-12)21(2)3/h6-11H,4-5H2,1-3H3,(H,17,22)(H,18,19,20). The maximum absolute atomic E-state index is 12.3. The van der Waals surface area contributed by atoms with E-state index in [1.807, 2.05) is 50.2 Å². The van der Waals surface area contributed by atoms with Gasteiger partial charge in [-0.3, -0.25) is 9.89 Å². The number of anilines is 2. The molecule has 0 spiro atoms. The topological polar surface area (TPSA) is 73.9 Å². The Labute approximate surface area is 140 Å². The van der Waals surface area contributed by atoms with E-state index in [0.29, 0.717) is 11.1 Å². The minimum absolute atomic E-state index is 0.0506. The molecular weight excluding hydrogens is 310 g/mol. The van der Waals surface area contributed by atoms with Crippen LogP contribution in [0.1, 0.15) is 31.5 Å². The quantitative estimate of drug-likeness (QED) is 0.796. The van der Waals surface area contributed by atoms with Gasteiger partial charge in [0, 0.05) is 31.4 Å². The van der Waals surface area contributed by atoms with E-state index in [9.17, 15) is 4.79 Å². The number of amides is 1. The molecule has 3 rings (SSSR count). The fraction of sp³-hybridized carbons (Fsp3) is 0.438. The fourth-order valence-electron chi connectivity index (χ4n) is 2.15. The molecule has 6 nitrogen and oxygen atoms in total. The molecule has 7 heteroatoms. The van der Waals surface area contributed by atoms with Crippen LogP contribution in [0.3, 0.4) is 0 Å². The van der Waals surface area contributed by atoms with Crippen molar-refractivity contribution in [3.63, 3.8) is 0 Å². The van der Waals surface area contributed by atoms with Crippen molar-refractivity contribution >= 4 is 29.0 Å². The first-order chi connectivity index (χ1) is 11.0. The van der Waals surface area contributed by atoms with Crippen molar-refractivity contribution in [2.45, 2.75) is 36.1 Å². The second-order valence-electron chi connectivity index (χ2n) is 5.97. The predicted molar refractivity (Wildman–Crippen MR) is 93.1 cm³/mol. The lowest BCUT2D eigenvalue weighted by Crippen LogP contribution is -2.22. The molecule has 0 saturated heterocycles. The Morgan fingerprint density at radius 1 is 1.35 bits per heavy atom. The van der Waals surface area contributed by atoms with Crippen LogP contribution in [0.25, 0.3) is 0 Å². The van der Waals surface area contributed by atoms with E-state index in [1.165, 1.54) is 24.6 Å². The van der Waals surface area contributed by atoms with Crippen LogP contribution in [0.5, 0.6) is 0 Å². The minimum Gasteiger partial charge on any atom is -0.378 e. The van der Waals surface area contributed by atoms with Crippen LogP contribution < -0.4 is 10.2 Å². The molecule has 1 fully saturated rings. The SMILES string of the molecule is CC(Sc1n[nH]c(C2CC2)n1)C(=O)Nc1ccc(N(C)C)cc1. The number of aromatic amines is 1. The molecule has 1 aliphatic carbocycles. The number of hydrogen-bond acceptors (Lipinski definition) is 5. The van der Waals surface area contributed by atoms with Crippen LogP contribution in [0, 0.1) is 0 Å². The largest absolute Gasteiger partial charge is 0.378 e. The number of thioether (sulfide) groups is 1. The Morgan fingerprint density at radius 2 is 2.04 bits per heavy atom. The highest BCUT2D eigenvalue weighted by Gasteiger charge is 2.27. The van der Waals surface area contributed by atoms with Crippen molar-refractivity contribution in [2.75, 3.05) is 24.3 Å². The lowest BCUT2D eigenvalue weighted by Gasteiger charge is -2.14. The van der Waals surface area contributed by atoms with Crippen molar-refractivity contribution < 1.29 is 4.79 Å². The summed E-state index contributed by atoms with van der Waals surface area (Å²) in [5.41, 5.74) is 1.89. The summed E-state index contributed by atoms with van der Waals surface area (Å²) in [7, 11) is 3.97. The van der Waals surface area contributed by atoms with E-state index >= 15 is 0 Å². The molecule has 0 radical (unpaired) electrons. The zero-order chi connectivity index (χ0) is 16.4. The predicted octanol–water partition coefficient (Wildman–Crippen LogP) is 2.87. The number of hydrogen-bond donors (Lipinski definition) is 2. The van der Waals surface area contributed by atoms with Gasteiger partial charge in [-0.1, -0.05) is 11.8 Å². The first-order valence-electron chi connectivity index (χ1n) is 7.70. The summed E-state index contributed by atoms with van der Waals surface area (Å²) in [6, 6.07) is 7.76. The summed E-state index contributed by atoms with van der Waals surface area (Å²) in [6.07, 6.45) is 2.36. The molecule has 2 aromatic rings. The van der Waals surface area contributed by atoms with Gasteiger partial charge in [0.1, 0.15) is 5.82 Å². The van der Waals surface area contributed by atoms with E-state index in [1.54, 1.807) is 0 Å². The number of rotatable bonds is 6. The maximum atomic E-state index is 12.3. The lowest BCUT2D eigenvalue weighted by molar-refractivity contribution is -0.115. The molecule has 1 atom stereocenters. The van der Waals surface area contributed by atoms with E-state index in [0.717, 1.165) is 17.2 Å². The van der Waals surface area contributed by atoms with Crippen LogP contribution in [-0.4, -0.2) is 40.4 Å². The molecule has 122 valence electrons. The van der Waals surface area contributed by atoms with Gasteiger partial charge >= 0.3 is 0 Å². The van der Waals surface area contributed by atoms with Gasteiger partial charge in [-0.05, 0) is 44.0 Å². The highest BCUT2D eigenvalue weighted by molar-refractivity contribution is 8.00. The summed E-state index contributed by atoms with van der Waals surface area (Å²) < 4.78 is 0. The molecular formula is C16H21N5OS. The van der Waals surface area contributed by atoms with Crippen LogP contribution in [0.4, 0.5) is 11.4 Å². The van der Waals surface area contributed by atoms with Crippen LogP contribution in [-0.2, 0) is 4.79 Å². The molecule has 1 saturated carbocycles. The van der Waals surface area contributed by atoms with Gasteiger partial charge in [-0.15, -0.1) is 5.10 Å². The highest BCUT2D eigenvalue weighted by Crippen LogP contribution is 2.38. The number of benzene rings is 1. The molecule has 1 aromatic carbocycles. The van der Waals surface area contributed by atoms with Crippen molar-refractivity contribution in [1.29, 1.82) is 0 Å². The number of aromatic nitrogens is 3. The van der Waals surface area contributed by atoms with E-state index in [2.05, 4.69) is 20.5 Å². The van der Waals surface area contributed by atoms with Crippen LogP contribution >= 0.6 is 11.8 Å². The summed E-state index contributed by atoms with van der Waals surface area (Å²) in [4.78, 5) is 18.7. The summed E-state index contributed by atoms with van der Waals surface area (Å²) in [5, 5.41) is 10.4. The summed E-state index contributed by atoms with van der Waals surface area (Å²) >= 11 is 1.37. The number of carbonyl (C=O) groups excluding carboxylic acids is 1. The number of carbonyl (C=O) groups is 1. The van der Waals surface area contributed by atoms with Gasteiger partial charge in [0.25, 0.3) is 0 Å². The van der Waals surface area contributed by atoms with Gasteiger partial charge in [-0.2, -0.15) is 0 Å². The third-order valence-electron chi connectivity index (χ3n) is 3.75. The highest BCUT2D eigenvalue weighted by atomic mass is 32.2. The van der Waals surface area contributed by atoms with Gasteiger partial charge in [-0.25, -0.2) is 4.98 Å². The minimum atomic E-state index is -0.258. The first-order valence-corrected chi connectivity index (χ1v) is 8.58. The fourth-order valence-corrected chi connectivity index (χ4v) is 2.88. The third kappa shape index (κ3) is 4.04. The number of nitrogens with one attached hydrogen (secondary N) is 2. The molecule has 1 heterocycles. The average Bonchev–Trinajstić information content (AvgIpc) is 3.28. The van der Waals surface area contributed by atoms with Crippen LogP contribution in [0.2, 0.25) is 0 Å². The molecule has 2 N–H and O–H groups in total. The van der Waals surface area contributed by atoms with Crippen molar-refractivity contribution in [3.8, 4) is 0 Å². The number of H-pyrrole nitrogens is 1. The van der Waals surface area contributed by atoms with E-state index in [4.69, 9.17) is 0 Å². The molecule has 0 bridgehead atoms. The zero-order valence-corrected chi connectivity index (χ0v) is 14.4. The van der Waals surface area contributed by atoms with Crippen molar-refractivity contribution in [1.82, 2.24) is 15.2 Å². The monoisotopic (exact) mass is 331 g/mol. The van der Waals surface area contributed by atoms with Gasteiger partial charge < -0.3 is 10.2 Å². The Morgan fingerprint density at radius 3 is 2.65 bits per heavy atom. The maximum Gasteiger partial charge on any atom is 0.237 e. The van der Waals surface area contributed by atoms with Crippen molar-refractivity contribution in [2.24, 2.45) is 0 Å².